The molecule has 0 aliphatic carbocycles. The lowest BCUT2D eigenvalue weighted by Crippen LogP contribution is -2.21. The molecule has 3 nitrogen and oxygen atoms in total. The molecule has 0 radical (unpaired) electrons. The lowest BCUT2D eigenvalue weighted by molar-refractivity contribution is -0.117. The van der Waals surface area contributed by atoms with Gasteiger partial charge in [-0.2, -0.15) is 4.39 Å². The van der Waals surface area contributed by atoms with Crippen LogP contribution in [0.5, 0.6) is 0 Å². The van der Waals surface area contributed by atoms with E-state index in [1.54, 1.807) is 17.8 Å². The first-order chi connectivity index (χ1) is 9.24. The Morgan fingerprint density at radius 2 is 2.11 bits per heavy atom. The molecular weight excluding hydrogens is 263 g/mol. The molecule has 0 saturated heterocycles. The van der Waals surface area contributed by atoms with Crippen LogP contribution in [0.15, 0.2) is 47.4 Å². The number of anilines is 1. The van der Waals surface area contributed by atoms with Crippen molar-refractivity contribution in [3.05, 3.63) is 54.0 Å². The molecule has 0 saturated carbocycles. The predicted octanol–water partition coefficient (Wildman–Crippen LogP) is 3.05. The minimum Gasteiger partial charge on any atom is -0.310 e. The fraction of sp³-hybridized carbons (Fsp3) is 0.143. The highest BCUT2D eigenvalue weighted by Gasteiger charge is 2.29. The van der Waals surface area contributed by atoms with Gasteiger partial charge in [-0.1, -0.05) is 24.3 Å². The van der Waals surface area contributed by atoms with Crippen LogP contribution in [0.1, 0.15) is 11.5 Å². The second kappa shape index (κ2) is 5.01. The van der Waals surface area contributed by atoms with Crippen LogP contribution in [-0.4, -0.2) is 16.6 Å². The average molecular weight is 274 g/mol. The topological polar surface area (TPSA) is 42.0 Å². The van der Waals surface area contributed by atoms with Gasteiger partial charge in [0, 0.05) is 10.6 Å². The third-order valence-electron chi connectivity index (χ3n) is 2.98. The van der Waals surface area contributed by atoms with Gasteiger partial charge >= 0.3 is 0 Å². The van der Waals surface area contributed by atoms with Gasteiger partial charge in [0.05, 0.1) is 5.92 Å². The Hall–Kier alpha value is -1.88. The number of amides is 1. The molecule has 96 valence electrons. The van der Waals surface area contributed by atoms with E-state index in [1.165, 1.54) is 12.1 Å². The molecule has 0 fully saturated rings. The minimum atomic E-state index is -0.598. The van der Waals surface area contributed by atoms with Crippen LogP contribution in [0.4, 0.5) is 10.2 Å². The summed E-state index contributed by atoms with van der Waals surface area (Å²) in [6, 6.07) is 12.2. The number of aromatic nitrogens is 1. The summed E-state index contributed by atoms with van der Waals surface area (Å²) in [4.78, 5) is 17.0. The van der Waals surface area contributed by atoms with E-state index in [-0.39, 0.29) is 17.6 Å². The third kappa shape index (κ3) is 2.46. The molecule has 1 unspecified atom stereocenters. The first-order valence-electron chi connectivity index (χ1n) is 5.89. The van der Waals surface area contributed by atoms with Gasteiger partial charge in [0.1, 0.15) is 5.82 Å². The van der Waals surface area contributed by atoms with Crippen LogP contribution >= 0.6 is 11.8 Å². The number of fused-ring (bicyclic) bond motifs is 1. The van der Waals surface area contributed by atoms with E-state index in [0.29, 0.717) is 5.75 Å². The normalized spacial score (nSPS) is 17.0. The Morgan fingerprint density at radius 3 is 2.95 bits per heavy atom. The summed E-state index contributed by atoms with van der Waals surface area (Å²) in [5.74, 6) is 0.0146. The number of rotatable bonds is 2. The quantitative estimate of drug-likeness (QED) is 0.856. The van der Waals surface area contributed by atoms with Crippen molar-refractivity contribution in [2.75, 3.05) is 11.1 Å². The zero-order valence-corrected chi connectivity index (χ0v) is 10.8. The van der Waals surface area contributed by atoms with Crippen LogP contribution in [0.3, 0.4) is 0 Å². The van der Waals surface area contributed by atoms with Gasteiger partial charge in [0.15, 0.2) is 0 Å². The summed E-state index contributed by atoms with van der Waals surface area (Å²) < 4.78 is 13.0. The molecule has 1 amide bonds. The van der Waals surface area contributed by atoms with Crippen molar-refractivity contribution in [3.63, 3.8) is 0 Å². The van der Waals surface area contributed by atoms with E-state index < -0.39 is 5.95 Å². The van der Waals surface area contributed by atoms with E-state index in [4.69, 9.17) is 0 Å². The summed E-state index contributed by atoms with van der Waals surface area (Å²) >= 11 is 1.66. The molecule has 1 aliphatic rings. The van der Waals surface area contributed by atoms with Crippen LogP contribution in [0, 0.1) is 5.95 Å². The molecule has 19 heavy (non-hydrogen) atoms. The van der Waals surface area contributed by atoms with Gasteiger partial charge in [-0.15, -0.1) is 11.8 Å². The number of benzene rings is 1. The van der Waals surface area contributed by atoms with Gasteiger partial charge in [-0.25, -0.2) is 4.98 Å². The summed E-state index contributed by atoms with van der Waals surface area (Å²) in [6.45, 7) is 0. The maximum absolute atomic E-state index is 13.0. The van der Waals surface area contributed by atoms with E-state index in [1.807, 2.05) is 24.3 Å². The summed E-state index contributed by atoms with van der Waals surface area (Å²) in [5, 5.41) is 2.66. The Kier molecular flexibility index (Phi) is 3.21. The molecule has 1 aromatic heterocycles. The third-order valence-corrected chi connectivity index (χ3v) is 4.17. The second-order valence-corrected chi connectivity index (χ2v) is 5.30. The smallest absolute Gasteiger partial charge is 0.233 e. The lowest BCUT2D eigenvalue weighted by Gasteiger charge is -2.10. The molecule has 1 aliphatic heterocycles. The van der Waals surface area contributed by atoms with E-state index in [2.05, 4.69) is 10.3 Å². The van der Waals surface area contributed by atoms with Crippen molar-refractivity contribution in [1.82, 2.24) is 4.98 Å². The van der Waals surface area contributed by atoms with Crippen LogP contribution in [0.2, 0.25) is 0 Å². The number of pyridine rings is 1. The number of nitrogens with zero attached hydrogens (tertiary/aromatic N) is 1. The number of hydrogen-bond acceptors (Lipinski definition) is 3. The molecule has 0 spiro atoms. The molecule has 5 heteroatoms. The fourth-order valence-electron chi connectivity index (χ4n) is 2.07. The zero-order valence-electron chi connectivity index (χ0n) is 9.97. The average Bonchev–Trinajstić information content (AvgIpc) is 2.82. The summed E-state index contributed by atoms with van der Waals surface area (Å²) in [7, 11) is 0. The van der Waals surface area contributed by atoms with Crippen molar-refractivity contribution in [3.8, 4) is 0 Å². The summed E-state index contributed by atoms with van der Waals surface area (Å²) in [6.07, 6.45) is 0. The highest BCUT2D eigenvalue weighted by Crippen LogP contribution is 2.39. The SMILES string of the molecule is O=C(Nc1cccc(F)n1)C1CSc2ccccc21. The summed E-state index contributed by atoms with van der Waals surface area (Å²) in [5.41, 5.74) is 1.03. The highest BCUT2D eigenvalue weighted by atomic mass is 32.2. The van der Waals surface area contributed by atoms with Gasteiger partial charge in [-0.05, 0) is 23.8 Å². The largest absolute Gasteiger partial charge is 0.310 e. The number of carbonyl (C=O) groups excluding carboxylic acids is 1. The Morgan fingerprint density at radius 1 is 1.26 bits per heavy atom. The van der Waals surface area contributed by atoms with Crippen LogP contribution < -0.4 is 5.32 Å². The van der Waals surface area contributed by atoms with Crippen molar-refractivity contribution in [1.29, 1.82) is 0 Å². The van der Waals surface area contributed by atoms with Gasteiger partial charge in [-0.3, -0.25) is 4.79 Å². The van der Waals surface area contributed by atoms with Crippen LogP contribution in [0.25, 0.3) is 0 Å². The number of thioether (sulfide) groups is 1. The standard InChI is InChI=1S/C14H11FN2OS/c15-12-6-3-7-13(16-12)17-14(18)10-8-19-11-5-2-1-4-9(10)11/h1-7,10H,8H2,(H,16,17,18). The molecule has 1 N–H and O–H groups in total. The van der Waals surface area contributed by atoms with Gasteiger partial charge < -0.3 is 5.32 Å². The monoisotopic (exact) mass is 274 g/mol. The first kappa shape index (κ1) is 12.2. The van der Waals surface area contributed by atoms with Crippen molar-refractivity contribution in [2.24, 2.45) is 0 Å². The molecule has 0 bridgehead atoms. The maximum atomic E-state index is 13.0. The molecule has 1 aromatic carbocycles. The highest BCUT2D eigenvalue weighted by molar-refractivity contribution is 7.99. The zero-order chi connectivity index (χ0) is 13.2. The Labute approximate surface area is 114 Å². The van der Waals surface area contributed by atoms with Crippen molar-refractivity contribution in [2.45, 2.75) is 10.8 Å². The lowest BCUT2D eigenvalue weighted by atomic mass is 10.0. The number of nitrogens with one attached hydrogen (secondary N) is 1. The Bertz CT molecular complexity index is 632. The second-order valence-electron chi connectivity index (χ2n) is 4.24. The van der Waals surface area contributed by atoms with Gasteiger partial charge in [0.2, 0.25) is 11.9 Å². The first-order valence-corrected chi connectivity index (χ1v) is 6.88. The minimum absolute atomic E-state index is 0.143. The number of halogens is 1. The van der Waals surface area contributed by atoms with Crippen molar-refractivity contribution >= 4 is 23.5 Å². The van der Waals surface area contributed by atoms with E-state index in [0.717, 1.165) is 10.5 Å². The van der Waals surface area contributed by atoms with Crippen molar-refractivity contribution < 1.29 is 9.18 Å². The fourth-order valence-corrected chi connectivity index (χ4v) is 3.30. The molecule has 3 rings (SSSR count). The Balaban J connectivity index is 1.79. The molecular formula is C14H11FN2OS. The van der Waals surface area contributed by atoms with Gasteiger partial charge in [0.25, 0.3) is 0 Å². The van der Waals surface area contributed by atoms with Crippen LogP contribution in [-0.2, 0) is 4.79 Å². The predicted molar refractivity (Wildman–Crippen MR) is 72.7 cm³/mol. The molecule has 2 heterocycles. The number of hydrogen-bond donors (Lipinski definition) is 1. The molecule has 1 atom stereocenters. The van der Waals surface area contributed by atoms with E-state index >= 15 is 0 Å². The molecule has 2 aromatic rings. The number of carbonyl (C=O) groups is 1. The maximum Gasteiger partial charge on any atom is 0.233 e. The van der Waals surface area contributed by atoms with E-state index in [9.17, 15) is 9.18 Å².